The summed E-state index contributed by atoms with van der Waals surface area (Å²) in [7, 11) is 1.53. The molecule has 0 amide bonds. The lowest BCUT2D eigenvalue weighted by Crippen LogP contribution is -2.19. The van der Waals surface area contributed by atoms with Crippen LogP contribution in [0.4, 0.5) is 4.39 Å². The second-order valence-corrected chi connectivity index (χ2v) is 2.28. The Balaban J connectivity index is 0.000000561. The van der Waals surface area contributed by atoms with Crippen LogP contribution in [0.15, 0.2) is 17.1 Å². The second kappa shape index (κ2) is 4.70. The molecule has 12 heavy (non-hydrogen) atoms. The van der Waals surface area contributed by atoms with Crippen LogP contribution in [0.2, 0.25) is 0 Å². The first-order valence-corrected chi connectivity index (χ1v) is 3.94. The van der Waals surface area contributed by atoms with E-state index < -0.39 is 11.4 Å². The van der Waals surface area contributed by atoms with E-state index in [1.54, 1.807) is 13.1 Å². The van der Waals surface area contributed by atoms with Crippen LogP contribution in [0.25, 0.3) is 0 Å². The number of hydrogen-bond acceptors (Lipinski definition) is 1. The fourth-order valence-corrected chi connectivity index (χ4v) is 0.831. The summed E-state index contributed by atoms with van der Waals surface area (Å²) in [4.78, 5) is 10.7. The van der Waals surface area contributed by atoms with Crippen LogP contribution < -0.4 is 5.56 Å². The number of rotatable bonds is 0. The van der Waals surface area contributed by atoms with Crippen LogP contribution in [0.5, 0.6) is 0 Å². The fraction of sp³-hybridized carbons (Fsp3) is 0.444. The molecule has 0 radical (unpaired) electrons. The van der Waals surface area contributed by atoms with Gasteiger partial charge >= 0.3 is 0 Å². The Kier molecular flexibility index (Phi) is 4.26. The normalized spacial score (nSPS) is 8.75. The van der Waals surface area contributed by atoms with E-state index in [1.807, 2.05) is 13.8 Å². The predicted molar refractivity (Wildman–Crippen MR) is 47.7 cm³/mol. The van der Waals surface area contributed by atoms with Gasteiger partial charge in [0.1, 0.15) is 0 Å². The Bertz CT molecular complexity index is 278. The third-order valence-corrected chi connectivity index (χ3v) is 1.28. The molecule has 1 rings (SSSR count). The SMILES string of the molecule is CC.Cc1cc(F)c(=O)n(C)c1. The van der Waals surface area contributed by atoms with Crippen LogP contribution in [0, 0.1) is 12.7 Å². The van der Waals surface area contributed by atoms with E-state index in [4.69, 9.17) is 0 Å². The molecule has 68 valence electrons. The predicted octanol–water partition coefficient (Wildman–Crippen LogP) is 1.86. The number of aryl methyl sites for hydroxylation is 2. The highest BCUT2D eigenvalue weighted by atomic mass is 19.1. The van der Waals surface area contributed by atoms with Gasteiger partial charge in [-0.15, -0.1) is 0 Å². The van der Waals surface area contributed by atoms with Gasteiger partial charge in [-0.25, -0.2) is 4.39 Å². The standard InChI is InChI=1S/C7H8FNO.C2H6/c1-5-3-6(8)7(10)9(2)4-5;1-2/h3-4H,1-2H3;1-2H3. The molecule has 0 atom stereocenters. The van der Waals surface area contributed by atoms with Gasteiger partial charge in [0.15, 0.2) is 5.82 Å². The smallest absolute Gasteiger partial charge is 0.286 e. The van der Waals surface area contributed by atoms with Gasteiger partial charge in [0.05, 0.1) is 0 Å². The number of pyridine rings is 1. The molecule has 2 nitrogen and oxygen atoms in total. The molecule has 1 aromatic rings. The molecule has 0 bridgehead atoms. The first-order valence-electron chi connectivity index (χ1n) is 3.94. The lowest BCUT2D eigenvalue weighted by molar-refractivity contribution is 0.588. The average Bonchev–Trinajstić information content (AvgIpc) is 2.04. The minimum Gasteiger partial charge on any atom is -0.316 e. The largest absolute Gasteiger partial charge is 0.316 e. The van der Waals surface area contributed by atoms with Crippen molar-refractivity contribution in [1.82, 2.24) is 4.57 Å². The van der Waals surface area contributed by atoms with Crippen molar-refractivity contribution in [1.29, 1.82) is 0 Å². The van der Waals surface area contributed by atoms with Crippen LogP contribution in [-0.2, 0) is 7.05 Å². The highest BCUT2D eigenvalue weighted by Gasteiger charge is 1.98. The first kappa shape index (κ1) is 10.9. The van der Waals surface area contributed by atoms with E-state index in [9.17, 15) is 9.18 Å². The molecular weight excluding hydrogens is 157 g/mol. The lowest BCUT2D eigenvalue weighted by atomic mass is 10.3. The zero-order valence-corrected chi connectivity index (χ0v) is 7.89. The van der Waals surface area contributed by atoms with Gasteiger partial charge < -0.3 is 4.57 Å². The van der Waals surface area contributed by atoms with E-state index >= 15 is 0 Å². The molecule has 0 spiro atoms. The Hall–Kier alpha value is -1.12. The minimum atomic E-state index is -0.692. The van der Waals surface area contributed by atoms with Crippen LogP contribution in [-0.4, -0.2) is 4.57 Å². The number of nitrogens with zero attached hydrogens (tertiary/aromatic N) is 1. The van der Waals surface area contributed by atoms with Gasteiger partial charge in [0.25, 0.3) is 5.56 Å². The summed E-state index contributed by atoms with van der Waals surface area (Å²) in [6, 6.07) is 1.22. The Morgan fingerprint density at radius 2 is 1.92 bits per heavy atom. The summed E-state index contributed by atoms with van der Waals surface area (Å²) in [5.41, 5.74) is 0.171. The van der Waals surface area contributed by atoms with Crippen molar-refractivity contribution in [2.45, 2.75) is 20.8 Å². The molecule has 1 heterocycles. The highest BCUT2D eigenvalue weighted by molar-refractivity contribution is 5.08. The number of halogens is 1. The third-order valence-electron chi connectivity index (χ3n) is 1.28. The van der Waals surface area contributed by atoms with Crippen molar-refractivity contribution in [3.63, 3.8) is 0 Å². The van der Waals surface area contributed by atoms with E-state index in [-0.39, 0.29) is 0 Å². The van der Waals surface area contributed by atoms with Crippen molar-refractivity contribution < 1.29 is 4.39 Å². The highest BCUT2D eigenvalue weighted by Crippen LogP contribution is 1.94. The summed E-state index contributed by atoms with van der Waals surface area (Å²) in [5, 5.41) is 0. The van der Waals surface area contributed by atoms with Crippen molar-refractivity contribution in [3.8, 4) is 0 Å². The van der Waals surface area contributed by atoms with Crippen LogP contribution >= 0.6 is 0 Å². The molecule has 0 saturated carbocycles. The average molecular weight is 171 g/mol. The molecule has 3 heteroatoms. The van der Waals surface area contributed by atoms with Gasteiger partial charge in [-0.1, -0.05) is 13.8 Å². The topological polar surface area (TPSA) is 22.0 Å². The maximum absolute atomic E-state index is 12.5. The maximum atomic E-state index is 12.5. The Morgan fingerprint density at radius 1 is 1.42 bits per heavy atom. The molecular formula is C9H14FNO. The van der Waals surface area contributed by atoms with Crippen LogP contribution in [0.3, 0.4) is 0 Å². The molecule has 0 aliphatic rings. The van der Waals surface area contributed by atoms with E-state index in [2.05, 4.69) is 0 Å². The molecule has 1 aromatic heterocycles. The maximum Gasteiger partial charge on any atom is 0.286 e. The molecule has 0 aromatic carbocycles. The van der Waals surface area contributed by atoms with Gasteiger partial charge in [0.2, 0.25) is 0 Å². The molecule has 0 aliphatic heterocycles. The third kappa shape index (κ3) is 2.49. The van der Waals surface area contributed by atoms with Crippen molar-refractivity contribution in [2.75, 3.05) is 0 Å². The first-order chi connectivity index (χ1) is 5.61. The summed E-state index contributed by atoms with van der Waals surface area (Å²) in [6.07, 6.45) is 1.59. The fourth-order valence-electron chi connectivity index (χ4n) is 0.831. The molecule has 0 unspecified atom stereocenters. The minimum absolute atomic E-state index is 0.578. The Labute approximate surface area is 71.7 Å². The van der Waals surface area contributed by atoms with E-state index in [0.29, 0.717) is 0 Å². The summed E-state index contributed by atoms with van der Waals surface area (Å²) < 4.78 is 13.7. The van der Waals surface area contributed by atoms with Crippen molar-refractivity contribution in [2.24, 2.45) is 7.05 Å². The molecule has 0 aliphatic carbocycles. The second-order valence-electron chi connectivity index (χ2n) is 2.28. The van der Waals surface area contributed by atoms with Crippen molar-refractivity contribution in [3.05, 3.63) is 34.0 Å². The number of hydrogen-bond donors (Lipinski definition) is 0. The lowest BCUT2D eigenvalue weighted by Gasteiger charge is -1.97. The molecule has 0 saturated heterocycles. The van der Waals surface area contributed by atoms with Crippen LogP contribution in [0.1, 0.15) is 19.4 Å². The summed E-state index contributed by atoms with van der Waals surface area (Å²) in [5.74, 6) is -0.692. The van der Waals surface area contributed by atoms with Gasteiger partial charge in [0, 0.05) is 13.2 Å². The Morgan fingerprint density at radius 3 is 2.33 bits per heavy atom. The monoisotopic (exact) mass is 171 g/mol. The molecule has 0 N–H and O–H groups in total. The van der Waals surface area contributed by atoms with E-state index in [0.717, 1.165) is 5.56 Å². The van der Waals surface area contributed by atoms with Gasteiger partial charge in [-0.2, -0.15) is 0 Å². The quantitative estimate of drug-likeness (QED) is 0.584. The zero-order chi connectivity index (χ0) is 9.72. The molecule has 0 fully saturated rings. The number of aromatic nitrogens is 1. The van der Waals surface area contributed by atoms with Crippen molar-refractivity contribution >= 4 is 0 Å². The van der Waals surface area contributed by atoms with E-state index in [1.165, 1.54) is 17.7 Å². The summed E-state index contributed by atoms with van der Waals surface area (Å²) >= 11 is 0. The summed E-state index contributed by atoms with van der Waals surface area (Å²) in [6.45, 7) is 5.74. The van der Waals surface area contributed by atoms with Gasteiger partial charge in [-0.3, -0.25) is 4.79 Å². The van der Waals surface area contributed by atoms with Gasteiger partial charge in [-0.05, 0) is 18.6 Å². The zero-order valence-electron chi connectivity index (χ0n) is 7.89.